The number of ether oxygens (including phenoxy) is 1. The molecule has 1 unspecified atom stereocenters. The van der Waals surface area contributed by atoms with Gasteiger partial charge in [-0.2, -0.15) is 13.2 Å². The van der Waals surface area contributed by atoms with Crippen LogP contribution in [0, 0.1) is 0 Å². The molecule has 2 aromatic rings. The van der Waals surface area contributed by atoms with E-state index < -0.39 is 17.6 Å². The fraction of sp³-hybridized carbons (Fsp3) is 0.350. The molecule has 1 fully saturated rings. The third kappa shape index (κ3) is 4.77. The summed E-state index contributed by atoms with van der Waals surface area (Å²) in [4.78, 5) is 14.4. The number of halogens is 4. The number of likely N-dealkylation sites (tertiary alicyclic amines) is 1. The van der Waals surface area contributed by atoms with Gasteiger partial charge < -0.3 is 10.1 Å². The highest BCUT2D eigenvalue weighted by atomic mass is 35.5. The zero-order valence-electron chi connectivity index (χ0n) is 15.2. The average Bonchev–Trinajstić information content (AvgIpc) is 3.10. The summed E-state index contributed by atoms with van der Waals surface area (Å²) in [6.07, 6.45) is -2.81. The zero-order valence-corrected chi connectivity index (χ0v) is 16.0. The van der Waals surface area contributed by atoms with Crippen molar-refractivity contribution < 1.29 is 22.7 Å². The predicted octanol–water partition coefficient (Wildman–Crippen LogP) is 5.14. The molecule has 0 aromatic heterocycles. The first kappa shape index (κ1) is 20.5. The minimum absolute atomic E-state index is 0.0105. The van der Waals surface area contributed by atoms with Crippen LogP contribution in [0.15, 0.2) is 42.5 Å². The van der Waals surface area contributed by atoms with Gasteiger partial charge >= 0.3 is 6.18 Å². The Hall–Kier alpha value is -2.25. The second kappa shape index (κ2) is 8.41. The van der Waals surface area contributed by atoms with Gasteiger partial charge in [0.15, 0.2) is 0 Å². The number of methoxy groups -OCH3 is 1. The second-order valence-electron chi connectivity index (χ2n) is 6.64. The van der Waals surface area contributed by atoms with Crippen LogP contribution in [0.3, 0.4) is 0 Å². The summed E-state index contributed by atoms with van der Waals surface area (Å²) in [6.45, 7) is 0.716. The third-order valence-corrected chi connectivity index (χ3v) is 5.01. The van der Waals surface area contributed by atoms with Crippen molar-refractivity contribution >= 4 is 23.2 Å². The lowest BCUT2D eigenvalue weighted by Gasteiger charge is -2.24. The van der Waals surface area contributed by atoms with Crippen molar-refractivity contribution in [3.63, 3.8) is 0 Å². The van der Waals surface area contributed by atoms with Crippen LogP contribution in [0.1, 0.15) is 30.0 Å². The van der Waals surface area contributed by atoms with Gasteiger partial charge in [-0.25, -0.2) is 0 Å². The van der Waals surface area contributed by atoms with Crippen LogP contribution < -0.4 is 10.1 Å². The molecule has 0 saturated carbocycles. The molecular weight excluding hydrogens is 393 g/mol. The van der Waals surface area contributed by atoms with Crippen molar-refractivity contribution in [1.29, 1.82) is 0 Å². The molecule has 1 amide bonds. The molecular formula is C20H20ClF3N2O2. The van der Waals surface area contributed by atoms with E-state index in [1.54, 1.807) is 7.11 Å². The third-order valence-electron chi connectivity index (χ3n) is 4.77. The lowest BCUT2D eigenvalue weighted by molar-refractivity contribution is -0.137. The number of hydrogen-bond donors (Lipinski definition) is 1. The number of alkyl halides is 3. The summed E-state index contributed by atoms with van der Waals surface area (Å²) in [6, 6.07) is 11.0. The summed E-state index contributed by atoms with van der Waals surface area (Å²) in [7, 11) is 1.59. The Morgan fingerprint density at radius 2 is 1.96 bits per heavy atom. The van der Waals surface area contributed by atoms with E-state index in [1.807, 2.05) is 29.2 Å². The monoisotopic (exact) mass is 412 g/mol. The number of amides is 1. The van der Waals surface area contributed by atoms with E-state index in [0.29, 0.717) is 6.54 Å². The van der Waals surface area contributed by atoms with Gasteiger partial charge in [0, 0.05) is 11.1 Å². The normalized spacial score (nSPS) is 17.5. The molecule has 0 radical (unpaired) electrons. The van der Waals surface area contributed by atoms with Gasteiger partial charge in [-0.1, -0.05) is 23.7 Å². The number of benzene rings is 2. The van der Waals surface area contributed by atoms with Crippen molar-refractivity contribution in [3.8, 4) is 5.75 Å². The first-order valence-corrected chi connectivity index (χ1v) is 9.20. The molecule has 1 N–H and O–H groups in total. The Balaban J connectivity index is 1.70. The average molecular weight is 413 g/mol. The summed E-state index contributed by atoms with van der Waals surface area (Å²) < 4.78 is 44.8. The van der Waals surface area contributed by atoms with Crippen molar-refractivity contribution in [2.24, 2.45) is 0 Å². The number of hydrogen-bond acceptors (Lipinski definition) is 3. The highest BCUT2D eigenvalue weighted by molar-refractivity contribution is 6.30. The van der Waals surface area contributed by atoms with Crippen molar-refractivity contribution in [3.05, 3.63) is 58.6 Å². The molecule has 28 heavy (non-hydrogen) atoms. The number of carbonyl (C=O) groups excluding carboxylic acids is 1. The quantitative estimate of drug-likeness (QED) is 0.739. The standard InChI is InChI=1S/C20H20ClF3N2O2/c1-28-15-7-4-13(5-8-15)18-3-2-10-26(18)12-19(27)25-17-9-6-14(21)11-16(17)20(22,23)24/h4-9,11,18H,2-3,10,12H2,1H3,(H,25,27). The minimum atomic E-state index is -4.60. The van der Waals surface area contributed by atoms with Crippen LogP contribution in [0.2, 0.25) is 5.02 Å². The smallest absolute Gasteiger partial charge is 0.418 e. The largest absolute Gasteiger partial charge is 0.497 e. The van der Waals surface area contributed by atoms with Gasteiger partial charge in [-0.05, 0) is 55.3 Å². The molecule has 0 spiro atoms. The lowest BCUT2D eigenvalue weighted by atomic mass is 10.0. The number of nitrogens with zero attached hydrogens (tertiary/aromatic N) is 1. The highest BCUT2D eigenvalue weighted by Crippen LogP contribution is 2.37. The van der Waals surface area contributed by atoms with E-state index in [4.69, 9.17) is 16.3 Å². The van der Waals surface area contributed by atoms with E-state index in [0.717, 1.165) is 30.2 Å². The summed E-state index contributed by atoms with van der Waals surface area (Å²) in [5, 5.41) is 2.34. The molecule has 150 valence electrons. The topological polar surface area (TPSA) is 41.6 Å². The zero-order chi connectivity index (χ0) is 20.3. The van der Waals surface area contributed by atoms with Crippen LogP contribution in [-0.4, -0.2) is 31.0 Å². The minimum Gasteiger partial charge on any atom is -0.497 e. The molecule has 2 aromatic carbocycles. The Bertz CT molecular complexity index is 840. The number of anilines is 1. The molecule has 1 heterocycles. The van der Waals surface area contributed by atoms with Crippen LogP contribution in [0.5, 0.6) is 5.75 Å². The van der Waals surface area contributed by atoms with Gasteiger partial charge in [-0.3, -0.25) is 9.69 Å². The van der Waals surface area contributed by atoms with Gasteiger partial charge in [0.05, 0.1) is 24.9 Å². The maximum atomic E-state index is 13.2. The molecule has 4 nitrogen and oxygen atoms in total. The molecule has 1 saturated heterocycles. The number of rotatable bonds is 5. The van der Waals surface area contributed by atoms with E-state index in [2.05, 4.69) is 5.32 Å². The second-order valence-corrected chi connectivity index (χ2v) is 7.07. The lowest BCUT2D eigenvalue weighted by Crippen LogP contribution is -2.33. The van der Waals surface area contributed by atoms with Crippen LogP contribution >= 0.6 is 11.6 Å². The molecule has 0 aliphatic carbocycles. The van der Waals surface area contributed by atoms with Gasteiger partial charge in [0.2, 0.25) is 5.91 Å². The van der Waals surface area contributed by atoms with Crippen LogP contribution in [-0.2, 0) is 11.0 Å². The summed E-state index contributed by atoms with van der Waals surface area (Å²) >= 11 is 5.68. The van der Waals surface area contributed by atoms with Gasteiger partial charge in [0.25, 0.3) is 0 Å². The molecule has 0 bridgehead atoms. The molecule has 8 heteroatoms. The Labute approximate surface area is 166 Å². The van der Waals surface area contributed by atoms with Crippen molar-refractivity contribution in [2.75, 3.05) is 25.5 Å². The highest BCUT2D eigenvalue weighted by Gasteiger charge is 2.34. The van der Waals surface area contributed by atoms with E-state index in [-0.39, 0.29) is 23.3 Å². The summed E-state index contributed by atoms with van der Waals surface area (Å²) in [5.41, 5.74) is -0.197. The van der Waals surface area contributed by atoms with Gasteiger partial charge in [-0.15, -0.1) is 0 Å². The molecule has 1 aliphatic rings. The Kier molecular flexibility index (Phi) is 6.15. The number of nitrogens with one attached hydrogen (secondary N) is 1. The Morgan fingerprint density at radius 3 is 2.61 bits per heavy atom. The Morgan fingerprint density at radius 1 is 1.25 bits per heavy atom. The number of carbonyl (C=O) groups is 1. The maximum Gasteiger partial charge on any atom is 0.418 e. The maximum absolute atomic E-state index is 13.2. The first-order valence-electron chi connectivity index (χ1n) is 8.82. The fourth-order valence-corrected chi connectivity index (χ4v) is 3.63. The summed E-state index contributed by atoms with van der Waals surface area (Å²) in [5.74, 6) is 0.252. The van der Waals surface area contributed by atoms with E-state index >= 15 is 0 Å². The van der Waals surface area contributed by atoms with Crippen molar-refractivity contribution in [2.45, 2.75) is 25.1 Å². The predicted molar refractivity (Wildman–Crippen MR) is 102 cm³/mol. The van der Waals surface area contributed by atoms with Gasteiger partial charge in [0.1, 0.15) is 5.75 Å². The molecule has 1 atom stereocenters. The van der Waals surface area contributed by atoms with Crippen LogP contribution in [0.4, 0.5) is 18.9 Å². The fourth-order valence-electron chi connectivity index (χ4n) is 3.45. The van der Waals surface area contributed by atoms with E-state index in [1.165, 1.54) is 12.1 Å². The molecule has 1 aliphatic heterocycles. The SMILES string of the molecule is COc1ccc(C2CCCN2CC(=O)Nc2ccc(Cl)cc2C(F)(F)F)cc1. The molecule has 3 rings (SSSR count). The van der Waals surface area contributed by atoms with Crippen molar-refractivity contribution in [1.82, 2.24) is 4.90 Å². The first-order chi connectivity index (χ1) is 13.3. The van der Waals surface area contributed by atoms with Crippen LogP contribution in [0.25, 0.3) is 0 Å². The van der Waals surface area contributed by atoms with E-state index in [9.17, 15) is 18.0 Å².